The van der Waals surface area contributed by atoms with Gasteiger partial charge in [-0.1, -0.05) is 0 Å². The number of fused-ring (bicyclic) bond motifs is 1. The van der Waals surface area contributed by atoms with Gasteiger partial charge in [0, 0.05) is 6.42 Å². The Balaban J connectivity index is 1.99. The lowest BCUT2D eigenvalue weighted by molar-refractivity contribution is -0.141. The average molecular weight is 358 g/mol. The molecule has 13 heteroatoms. The molecule has 2 fully saturated rings. The highest BCUT2D eigenvalue weighted by Gasteiger charge is 2.49. The number of aromatic nitrogens is 2. The van der Waals surface area contributed by atoms with E-state index in [1.165, 1.54) is 4.98 Å². The second kappa shape index (κ2) is 5.28. The van der Waals surface area contributed by atoms with E-state index in [-0.39, 0.29) is 13.0 Å². The SMILES string of the molecule is O=c1[nH]c([C@H]2C[C@@H]3OP(=O)(O)OC[C@H]3O2)c(C(F)(F)F)c(=O)[nH]1. The van der Waals surface area contributed by atoms with Crippen LogP contribution in [0.3, 0.4) is 0 Å². The molecule has 4 atom stereocenters. The normalized spacial score (nSPS) is 34.3. The minimum atomic E-state index is -5.02. The zero-order valence-electron chi connectivity index (χ0n) is 11.1. The molecule has 0 spiro atoms. The number of phosphoric ester groups is 1. The molecule has 2 aliphatic rings. The molecule has 0 radical (unpaired) electrons. The predicted octanol–water partition coefficient (Wildman–Crippen LogP) is 0.428. The van der Waals surface area contributed by atoms with Gasteiger partial charge in [-0.2, -0.15) is 13.2 Å². The molecule has 1 aromatic rings. The van der Waals surface area contributed by atoms with Crippen molar-refractivity contribution in [1.29, 1.82) is 0 Å². The van der Waals surface area contributed by atoms with Crippen molar-refractivity contribution < 1.29 is 36.4 Å². The lowest BCUT2D eigenvalue weighted by Crippen LogP contribution is -2.34. The molecule has 128 valence electrons. The van der Waals surface area contributed by atoms with Gasteiger partial charge in [-0.05, 0) is 0 Å². The van der Waals surface area contributed by atoms with Gasteiger partial charge in [-0.25, -0.2) is 9.36 Å². The molecule has 2 saturated heterocycles. The first kappa shape index (κ1) is 16.4. The maximum absolute atomic E-state index is 13.0. The first-order chi connectivity index (χ1) is 10.6. The summed E-state index contributed by atoms with van der Waals surface area (Å²) in [6.45, 7) is -0.357. The molecular formula is C10H10F3N2O7P. The van der Waals surface area contributed by atoms with Gasteiger partial charge < -0.3 is 14.6 Å². The van der Waals surface area contributed by atoms with Crippen LogP contribution >= 0.6 is 7.82 Å². The zero-order valence-corrected chi connectivity index (χ0v) is 12.0. The van der Waals surface area contributed by atoms with Crippen LogP contribution in [0.2, 0.25) is 0 Å². The Hall–Kier alpha value is -1.46. The molecule has 0 aliphatic carbocycles. The highest BCUT2D eigenvalue weighted by Crippen LogP contribution is 2.53. The molecule has 0 saturated carbocycles. The summed E-state index contributed by atoms with van der Waals surface area (Å²) in [7, 11) is -4.28. The van der Waals surface area contributed by atoms with Crippen molar-refractivity contribution in [3.05, 3.63) is 32.1 Å². The largest absolute Gasteiger partial charge is 0.472 e. The van der Waals surface area contributed by atoms with Gasteiger partial charge in [0.25, 0.3) is 5.56 Å². The van der Waals surface area contributed by atoms with Crippen molar-refractivity contribution in [2.24, 2.45) is 0 Å². The zero-order chi connectivity index (χ0) is 17.0. The number of aromatic amines is 2. The van der Waals surface area contributed by atoms with Crippen molar-refractivity contribution in [1.82, 2.24) is 9.97 Å². The highest BCUT2D eigenvalue weighted by atomic mass is 31.2. The Morgan fingerprint density at radius 2 is 1.91 bits per heavy atom. The summed E-state index contributed by atoms with van der Waals surface area (Å²) in [5, 5.41) is 0. The van der Waals surface area contributed by atoms with Crippen LogP contribution in [0, 0.1) is 0 Å². The van der Waals surface area contributed by atoms with Crippen LogP contribution in [0.5, 0.6) is 0 Å². The van der Waals surface area contributed by atoms with Gasteiger partial charge in [0.15, 0.2) is 0 Å². The number of hydrogen-bond acceptors (Lipinski definition) is 6. The molecule has 1 unspecified atom stereocenters. The van der Waals surface area contributed by atoms with E-state index in [9.17, 15) is 32.2 Å². The third-order valence-corrected chi connectivity index (χ3v) is 4.46. The predicted molar refractivity (Wildman–Crippen MR) is 65.6 cm³/mol. The van der Waals surface area contributed by atoms with Crippen LogP contribution in [-0.2, 0) is 24.5 Å². The maximum Gasteiger partial charge on any atom is 0.472 e. The van der Waals surface area contributed by atoms with Crippen molar-refractivity contribution in [3.63, 3.8) is 0 Å². The Kier molecular flexibility index (Phi) is 3.76. The fraction of sp³-hybridized carbons (Fsp3) is 0.600. The number of alkyl halides is 3. The maximum atomic E-state index is 13.0. The van der Waals surface area contributed by atoms with Gasteiger partial charge in [0.05, 0.1) is 12.3 Å². The lowest BCUT2D eigenvalue weighted by Gasteiger charge is -2.26. The minimum Gasteiger partial charge on any atom is -0.363 e. The van der Waals surface area contributed by atoms with E-state index in [2.05, 4.69) is 4.52 Å². The number of nitrogens with one attached hydrogen (secondary N) is 2. The quantitative estimate of drug-likeness (QED) is 0.621. The summed E-state index contributed by atoms with van der Waals surface area (Å²) >= 11 is 0. The lowest BCUT2D eigenvalue weighted by atomic mass is 10.1. The van der Waals surface area contributed by atoms with E-state index in [1.807, 2.05) is 4.98 Å². The van der Waals surface area contributed by atoms with Crippen molar-refractivity contribution in [3.8, 4) is 0 Å². The van der Waals surface area contributed by atoms with Crippen LogP contribution in [0.25, 0.3) is 0 Å². The van der Waals surface area contributed by atoms with Crippen LogP contribution in [0.15, 0.2) is 9.59 Å². The van der Waals surface area contributed by atoms with E-state index in [4.69, 9.17) is 9.26 Å². The molecule has 23 heavy (non-hydrogen) atoms. The third kappa shape index (κ3) is 3.12. The molecule has 2 aliphatic heterocycles. The fourth-order valence-electron chi connectivity index (χ4n) is 2.56. The van der Waals surface area contributed by atoms with E-state index in [1.54, 1.807) is 0 Å². The van der Waals surface area contributed by atoms with Gasteiger partial charge in [0.1, 0.15) is 23.9 Å². The van der Waals surface area contributed by atoms with Crippen LogP contribution in [0.4, 0.5) is 13.2 Å². The van der Waals surface area contributed by atoms with Crippen LogP contribution in [-0.4, -0.2) is 33.7 Å². The first-order valence-electron chi connectivity index (χ1n) is 6.32. The number of halogens is 3. The van der Waals surface area contributed by atoms with Gasteiger partial charge in [0.2, 0.25) is 0 Å². The van der Waals surface area contributed by atoms with E-state index in [0.29, 0.717) is 0 Å². The summed E-state index contributed by atoms with van der Waals surface area (Å²) in [6.07, 6.45) is -8.49. The molecule has 0 bridgehead atoms. The Labute approximate surface area is 125 Å². The topological polar surface area (TPSA) is 131 Å². The number of ether oxygens (including phenoxy) is 1. The fourth-order valence-corrected chi connectivity index (χ4v) is 3.52. The molecule has 3 N–H and O–H groups in total. The van der Waals surface area contributed by atoms with Crippen LogP contribution in [0.1, 0.15) is 23.8 Å². The molecule has 0 amide bonds. The molecule has 3 heterocycles. The smallest absolute Gasteiger partial charge is 0.363 e. The first-order valence-corrected chi connectivity index (χ1v) is 7.81. The van der Waals surface area contributed by atoms with Gasteiger partial charge >= 0.3 is 19.7 Å². The van der Waals surface area contributed by atoms with Crippen molar-refractivity contribution >= 4 is 7.82 Å². The number of hydrogen-bond donors (Lipinski definition) is 3. The standard InChI is InChI=1S/C10H10F3N2O7P/c11-10(12,13)6-7(14-9(17)15-8(6)16)4-1-3-5(21-4)2-20-23(18,19)22-3/h3-5H,1-2H2,(H,18,19)(H2,14,15,16,17)/t3-,4+,5+/m0/s1. The van der Waals surface area contributed by atoms with Gasteiger partial charge in [-0.3, -0.25) is 18.8 Å². The van der Waals surface area contributed by atoms with E-state index in [0.717, 1.165) is 0 Å². The summed E-state index contributed by atoms with van der Waals surface area (Å²) in [5.74, 6) is 0. The number of rotatable bonds is 1. The summed E-state index contributed by atoms with van der Waals surface area (Å²) in [4.78, 5) is 35.4. The van der Waals surface area contributed by atoms with Crippen LogP contribution < -0.4 is 11.2 Å². The summed E-state index contributed by atoms with van der Waals surface area (Å²) in [5.41, 5.74) is -5.06. The number of phosphoric acid groups is 1. The third-order valence-electron chi connectivity index (χ3n) is 3.45. The minimum absolute atomic E-state index is 0.249. The molecule has 9 nitrogen and oxygen atoms in total. The summed E-state index contributed by atoms with van der Waals surface area (Å²) in [6, 6.07) is 0. The second-order valence-corrected chi connectivity index (χ2v) is 6.41. The summed E-state index contributed by atoms with van der Waals surface area (Å²) < 4.78 is 65.0. The molecular weight excluding hydrogens is 348 g/mol. The highest BCUT2D eigenvalue weighted by molar-refractivity contribution is 7.47. The monoisotopic (exact) mass is 358 g/mol. The molecule has 3 rings (SSSR count). The number of H-pyrrole nitrogens is 2. The van der Waals surface area contributed by atoms with E-state index < -0.39 is 54.8 Å². The average Bonchev–Trinajstić information content (AvgIpc) is 2.77. The van der Waals surface area contributed by atoms with E-state index >= 15 is 0 Å². The Bertz CT molecular complexity index is 788. The molecule has 1 aromatic heterocycles. The Morgan fingerprint density at radius 3 is 2.57 bits per heavy atom. The van der Waals surface area contributed by atoms with Gasteiger partial charge in [-0.15, -0.1) is 0 Å². The molecule has 0 aromatic carbocycles. The Morgan fingerprint density at radius 1 is 1.22 bits per heavy atom. The second-order valence-electron chi connectivity index (χ2n) is 5.00. The van der Waals surface area contributed by atoms with Crippen molar-refractivity contribution in [2.75, 3.05) is 6.61 Å². The van der Waals surface area contributed by atoms with Crippen molar-refractivity contribution in [2.45, 2.75) is 30.9 Å².